The van der Waals surface area contributed by atoms with E-state index >= 15 is 0 Å². The first-order valence-electron chi connectivity index (χ1n) is 7.10. The lowest BCUT2D eigenvalue weighted by Crippen LogP contribution is -2.28. The van der Waals surface area contributed by atoms with Crippen LogP contribution >= 0.6 is 0 Å². The van der Waals surface area contributed by atoms with Crippen molar-refractivity contribution in [2.45, 2.75) is 25.7 Å². The van der Waals surface area contributed by atoms with Gasteiger partial charge in [-0.1, -0.05) is 0 Å². The molecule has 0 N–H and O–H groups in total. The zero-order chi connectivity index (χ0) is 21.0. The van der Waals surface area contributed by atoms with Crippen LogP contribution in [0.5, 0.6) is 17.2 Å². The molecular weight excluding hydrogens is 390 g/mol. The Morgan fingerprint density at radius 1 is 0.926 bits per heavy atom. The summed E-state index contributed by atoms with van der Waals surface area (Å²) >= 11 is 0. The second-order valence-corrected chi connectivity index (χ2v) is 5.00. The fourth-order valence-electron chi connectivity index (χ4n) is 1.99. The number of carbonyl (C=O) groups is 2. The highest BCUT2D eigenvalue weighted by Gasteiger charge is 2.43. The SMILES string of the molecule is COc1cc(CCOC(=O)C(F)(F)F)c(OC)c(OC(=O)C(F)(F)F)c1C. The van der Waals surface area contributed by atoms with Crippen molar-refractivity contribution in [3.63, 3.8) is 0 Å². The number of hydrogen-bond donors (Lipinski definition) is 0. The van der Waals surface area contributed by atoms with Gasteiger partial charge in [-0.05, 0) is 13.0 Å². The molecule has 6 nitrogen and oxygen atoms in total. The molecule has 0 amide bonds. The Kier molecular flexibility index (Phi) is 6.93. The average molecular weight is 404 g/mol. The maximum absolute atomic E-state index is 12.5. The first kappa shape index (κ1) is 22.4. The number of rotatable bonds is 6. The Morgan fingerprint density at radius 2 is 1.48 bits per heavy atom. The summed E-state index contributed by atoms with van der Waals surface area (Å²) in [5.74, 6) is -5.92. The smallest absolute Gasteiger partial charge is 0.491 e. The van der Waals surface area contributed by atoms with Crippen molar-refractivity contribution in [2.24, 2.45) is 0 Å². The summed E-state index contributed by atoms with van der Waals surface area (Å²) < 4.78 is 92.1. The van der Waals surface area contributed by atoms with Crippen LogP contribution in [0.25, 0.3) is 0 Å². The Bertz CT molecular complexity index is 710. The first-order chi connectivity index (χ1) is 12.3. The van der Waals surface area contributed by atoms with Gasteiger partial charge in [-0.3, -0.25) is 0 Å². The zero-order valence-corrected chi connectivity index (χ0v) is 14.2. The minimum Gasteiger partial charge on any atom is -0.496 e. The molecule has 0 radical (unpaired) electrons. The third kappa shape index (κ3) is 5.66. The van der Waals surface area contributed by atoms with E-state index in [1.165, 1.54) is 20.1 Å². The average Bonchev–Trinajstić information content (AvgIpc) is 2.55. The molecule has 0 saturated carbocycles. The second-order valence-electron chi connectivity index (χ2n) is 5.00. The lowest BCUT2D eigenvalue weighted by atomic mass is 10.1. The molecule has 0 aliphatic rings. The van der Waals surface area contributed by atoms with Crippen molar-refractivity contribution in [3.05, 3.63) is 17.2 Å². The van der Waals surface area contributed by atoms with Crippen LogP contribution in [0.15, 0.2) is 6.07 Å². The molecule has 0 atom stereocenters. The van der Waals surface area contributed by atoms with Crippen LogP contribution in [0.4, 0.5) is 26.3 Å². The zero-order valence-electron chi connectivity index (χ0n) is 14.2. The van der Waals surface area contributed by atoms with Crippen LogP contribution in [0.3, 0.4) is 0 Å². The lowest BCUT2D eigenvalue weighted by Gasteiger charge is -2.19. The molecule has 0 bridgehead atoms. The van der Waals surface area contributed by atoms with E-state index in [0.29, 0.717) is 0 Å². The third-order valence-electron chi connectivity index (χ3n) is 3.20. The van der Waals surface area contributed by atoms with Gasteiger partial charge in [-0.15, -0.1) is 0 Å². The minimum absolute atomic E-state index is 0.0000935. The molecule has 27 heavy (non-hydrogen) atoms. The first-order valence-corrected chi connectivity index (χ1v) is 7.10. The highest BCUT2D eigenvalue weighted by atomic mass is 19.4. The molecule has 0 saturated heterocycles. The summed E-state index contributed by atoms with van der Waals surface area (Å²) in [7, 11) is 2.23. The van der Waals surface area contributed by atoms with E-state index in [-0.39, 0.29) is 29.0 Å². The van der Waals surface area contributed by atoms with E-state index in [9.17, 15) is 35.9 Å². The van der Waals surface area contributed by atoms with Crippen LogP contribution in [0.1, 0.15) is 11.1 Å². The van der Waals surface area contributed by atoms with Gasteiger partial charge in [-0.25, -0.2) is 9.59 Å². The molecule has 0 fully saturated rings. The summed E-state index contributed by atoms with van der Waals surface area (Å²) in [6.45, 7) is 0.529. The monoisotopic (exact) mass is 404 g/mol. The number of halogens is 6. The van der Waals surface area contributed by atoms with Gasteiger partial charge in [0.15, 0.2) is 11.5 Å². The Hall–Kier alpha value is -2.66. The van der Waals surface area contributed by atoms with Crippen LogP contribution in [-0.2, 0) is 20.7 Å². The molecule has 1 aromatic rings. The summed E-state index contributed by atoms with van der Waals surface area (Å²) in [6.07, 6.45) is -10.9. The number of methoxy groups -OCH3 is 2. The number of ether oxygens (including phenoxy) is 4. The maximum Gasteiger partial charge on any atom is 0.491 e. The van der Waals surface area contributed by atoms with Gasteiger partial charge in [-0.2, -0.15) is 26.3 Å². The predicted molar refractivity (Wildman–Crippen MR) is 76.7 cm³/mol. The van der Waals surface area contributed by atoms with Gasteiger partial charge < -0.3 is 18.9 Å². The molecule has 0 heterocycles. The van der Waals surface area contributed by atoms with Crippen LogP contribution in [-0.4, -0.2) is 45.1 Å². The molecule has 0 unspecified atom stereocenters. The van der Waals surface area contributed by atoms with Crippen LogP contribution in [0, 0.1) is 6.92 Å². The lowest BCUT2D eigenvalue weighted by molar-refractivity contribution is -0.199. The normalized spacial score (nSPS) is 11.7. The number of alkyl halides is 6. The predicted octanol–water partition coefficient (Wildman–Crippen LogP) is 3.13. The number of esters is 2. The largest absolute Gasteiger partial charge is 0.496 e. The third-order valence-corrected chi connectivity index (χ3v) is 3.20. The molecule has 1 rings (SSSR count). The number of carbonyl (C=O) groups excluding carboxylic acids is 2. The van der Waals surface area contributed by atoms with Gasteiger partial charge >= 0.3 is 24.3 Å². The van der Waals surface area contributed by atoms with Crippen molar-refractivity contribution in [2.75, 3.05) is 20.8 Å². The molecule has 0 spiro atoms. The van der Waals surface area contributed by atoms with E-state index in [1.807, 2.05) is 0 Å². The summed E-state index contributed by atoms with van der Waals surface area (Å²) in [6, 6.07) is 1.25. The van der Waals surface area contributed by atoms with Crippen molar-refractivity contribution in [1.29, 1.82) is 0 Å². The summed E-state index contributed by atoms with van der Waals surface area (Å²) in [5, 5.41) is 0. The Morgan fingerprint density at radius 3 is 1.93 bits per heavy atom. The van der Waals surface area contributed by atoms with Gasteiger partial charge in [0.1, 0.15) is 5.75 Å². The minimum atomic E-state index is -5.29. The topological polar surface area (TPSA) is 71.1 Å². The second kappa shape index (κ2) is 8.35. The van der Waals surface area contributed by atoms with Gasteiger partial charge in [0.05, 0.1) is 20.8 Å². The molecule has 152 valence electrons. The standard InChI is InChI=1S/C15H14F6O6/c1-7-9(24-2)6-8(4-5-26-12(22)14(16,17)18)11(25-3)10(7)27-13(23)15(19,20)21/h6H,4-5H2,1-3H3. The van der Waals surface area contributed by atoms with E-state index in [4.69, 9.17) is 9.47 Å². The summed E-state index contributed by atoms with van der Waals surface area (Å²) in [5.41, 5.74) is -0.0112. The number of hydrogen-bond acceptors (Lipinski definition) is 6. The van der Waals surface area contributed by atoms with Gasteiger partial charge in [0.25, 0.3) is 0 Å². The molecule has 0 aromatic heterocycles. The fourth-order valence-corrected chi connectivity index (χ4v) is 1.99. The van der Waals surface area contributed by atoms with Crippen molar-refractivity contribution in [3.8, 4) is 17.2 Å². The van der Waals surface area contributed by atoms with Gasteiger partial charge in [0.2, 0.25) is 0 Å². The van der Waals surface area contributed by atoms with Crippen molar-refractivity contribution >= 4 is 11.9 Å². The van der Waals surface area contributed by atoms with Crippen molar-refractivity contribution < 1.29 is 54.9 Å². The number of benzene rings is 1. The maximum atomic E-state index is 12.5. The molecule has 0 aliphatic carbocycles. The van der Waals surface area contributed by atoms with Crippen LogP contribution in [0.2, 0.25) is 0 Å². The van der Waals surface area contributed by atoms with Gasteiger partial charge in [0, 0.05) is 17.5 Å². The van der Waals surface area contributed by atoms with E-state index < -0.39 is 36.6 Å². The Balaban J connectivity index is 3.19. The molecule has 1 aromatic carbocycles. The molecular formula is C15H14F6O6. The van der Waals surface area contributed by atoms with Crippen molar-refractivity contribution in [1.82, 2.24) is 0 Å². The fraction of sp³-hybridized carbons (Fsp3) is 0.467. The molecule has 0 aliphatic heterocycles. The van der Waals surface area contributed by atoms with Crippen LogP contribution < -0.4 is 14.2 Å². The van der Waals surface area contributed by atoms with E-state index in [0.717, 1.165) is 7.11 Å². The highest BCUT2D eigenvalue weighted by Crippen LogP contribution is 2.41. The quantitative estimate of drug-likeness (QED) is 0.412. The van der Waals surface area contributed by atoms with E-state index in [1.54, 1.807) is 0 Å². The highest BCUT2D eigenvalue weighted by molar-refractivity contribution is 5.80. The molecule has 12 heteroatoms. The Labute approximate surface area is 148 Å². The summed E-state index contributed by atoms with van der Waals surface area (Å²) in [4.78, 5) is 21.9. The van der Waals surface area contributed by atoms with E-state index in [2.05, 4.69) is 9.47 Å².